The number of fused-ring (bicyclic) bond motifs is 1. The van der Waals surface area contributed by atoms with E-state index in [1.807, 2.05) is 18.2 Å². The fraction of sp³-hybridized carbons (Fsp3) is 0.235. The van der Waals surface area contributed by atoms with Gasteiger partial charge in [-0.1, -0.05) is 40.2 Å². The van der Waals surface area contributed by atoms with Crippen molar-refractivity contribution in [3.8, 4) is 0 Å². The molecule has 0 fully saturated rings. The summed E-state index contributed by atoms with van der Waals surface area (Å²) in [4.78, 5) is 14.3. The van der Waals surface area contributed by atoms with Gasteiger partial charge in [0.05, 0.1) is 5.56 Å². The van der Waals surface area contributed by atoms with E-state index in [-0.39, 0.29) is 11.5 Å². The van der Waals surface area contributed by atoms with Crippen LogP contribution in [0, 0.1) is 5.82 Å². The third-order valence-electron chi connectivity index (χ3n) is 3.80. The molecule has 2 aromatic carbocycles. The Kier molecular flexibility index (Phi) is 4.06. The first-order valence-electron chi connectivity index (χ1n) is 6.96. The largest absolute Gasteiger partial charge is 0.334 e. The average molecular weight is 348 g/mol. The fourth-order valence-corrected chi connectivity index (χ4v) is 3.07. The number of hydrogen-bond donors (Lipinski definition) is 0. The van der Waals surface area contributed by atoms with E-state index in [2.05, 4.69) is 22.0 Å². The molecule has 0 spiro atoms. The molecule has 2 aromatic rings. The van der Waals surface area contributed by atoms with Crippen LogP contribution in [0.15, 0.2) is 46.9 Å². The molecule has 1 aliphatic rings. The summed E-state index contributed by atoms with van der Waals surface area (Å²) in [6.45, 7) is 1.19. The summed E-state index contributed by atoms with van der Waals surface area (Å²) in [5, 5.41) is 0. The maximum atomic E-state index is 13.9. The molecule has 0 aliphatic carbocycles. The molecular weight excluding hydrogens is 333 g/mol. The second-order valence-corrected chi connectivity index (χ2v) is 6.14. The summed E-state index contributed by atoms with van der Waals surface area (Å²) in [7, 11) is 0. The van der Waals surface area contributed by atoms with E-state index in [0.29, 0.717) is 17.6 Å². The monoisotopic (exact) mass is 347 g/mol. The fourth-order valence-electron chi connectivity index (χ4n) is 2.71. The third-order valence-corrected chi connectivity index (χ3v) is 4.29. The van der Waals surface area contributed by atoms with Crippen molar-refractivity contribution in [3.05, 3.63) is 69.4 Å². The van der Waals surface area contributed by atoms with Crippen molar-refractivity contribution in [2.45, 2.75) is 19.4 Å². The van der Waals surface area contributed by atoms with Gasteiger partial charge in [0.25, 0.3) is 5.91 Å². The Balaban J connectivity index is 1.90. The van der Waals surface area contributed by atoms with Crippen molar-refractivity contribution in [1.82, 2.24) is 4.90 Å². The van der Waals surface area contributed by atoms with Gasteiger partial charge in [-0.25, -0.2) is 4.39 Å². The Morgan fingerprint density at radius 1 is 1.14 bits per heavy atom. The molecule has 1 amide bonds. The highest BCUT2D eigenvalue weighted by atomic mass is 79.9. The molecule has 3 rings (SSSR count). The number of halogens is 2. The summed E-state index contributed by atoms with van der Waals surface area (Å²) < 4.78 is 14.6. The highest BCUT2D eigenvalue weighted by molar-refractivity contribution is 9.10. The lowest BCUT2D eigenvalue weighted by molar-refractivity contribution is 0.0741. The van der Waals surface area contributed by atoms with Gasteiger partial charge in [0.15, 0.2) is 0 Å². The molecule has 0 radical (unpaired) electrons. The number of carbonyl (C=O) groups is 1. The SMILES string of the molecule is O=C(c1cc(Br)ccc1F)N1CCCc2ccccc2C1. The molecular formula is C17H15BrFNO. The van der Waals surface area contributed by atoms with Gasteiger partial charge in [0.1, 0.15) is 5.82 Å². The second kappa shape index (κ2) is 5.98. The van der Waals surface area contributed by atoms with Crippen LogP contribution in [-0.2, 0) is 13.0 Å². The van der Waals surface area contributed by atoms with Gasteiger partial charge in [0.2, 0.25) is 0 Å². The van der Waals surface area contributed by atoms with Gasteiger partial charge in [-0.05, 0) is 42.2 Å². The Bertz CT molecular complexity index is 686. The predicted molar refractivity (Wildman–Crippen MR) is 83.6 cm³/mol. The maximum Gasteiger partial charge on any atom is 0.257 e. The Morgan fingerprint density at radius 2 is 1.90 bits per heavy atom. The lowest BCUT2D eigenvalue weighted by atomic mass is 10.0. The molecule has 0 saturated carbocycles. The van der Waals surface area contributed by atoms with Crippen LogP contribution in [0.25, 0.3) is 0 Å². The summed E-state index contributed by atoms with van der Waals surface area (Å²) in [6, 6.07) is 12.6. The van der Waals surface area contributed by atoms with Crippen molar-refractivity contribution in [2.75, 3.05) is 6.54 Å². The van der Waals surface area contributed by atoms with Gasteiger partial charge < -0.3 is 4.90 Å². The Labute approximate surface area is 131 Å². The number of rotatable bonds is 1. The van der Waals surface area contributed by atoms with Gasteiger partial charge >= 0.3 is 0 Å². The van der Waals surface area contributed by atoms with E-state index in [9.17, 15) is 9.18 Å². The van der Waals surface area contributed by atoms with Crippen LogP contribution in [0.3, 0.4) is 0 Å². The summed E-state index contributed by atoms with van der Waals surface area (Å²) >= 11 is 3.29. The summed E-state index contributed by atoms with van der Waals surface area (Å²) in [5.74, 6) is -0.716. The number of hydrogen-bond acceptors (Lipinski definition) is 1. The van der Waals surface area contributed by atoms with Gasteiger partial charge in [-0.2, -0.15) is 0 Å². The number of benzene rings is 2. The average Bonchev–Trinajstić information content (AvgIpc) is 2.71. The van der Waals surface area contributed by atoms with Crippen LogP contribution in [0.1, 0.15) is 27.9 Å². The number of nitrogens with zero attached hydrogens (tertiary/aromatic N) is 1. The van der Waals surface area contributed by atoms with Crippen LogP contribution in [0.4, 0.5) is 4.39 Å². The van der Waals surface area contributed by atoms with Gasteiger partial charge in [-0.3, -0.25) is 4.79 Å². The minimum atomic E-state index is -0.472. The molecule has 21 heavy (non-hydrogen) atoms. The van der Waals surface area contributed by atoms with E-state index in [0.717, 1.165) is 18.4 Å². The van der Waals surface area contributed by atoms with E-state index in [1.165, 1.54) is 11.6 Å². The molecule has 4 heteroatoms. The van der Waals surface area contributed by atoms with Crippen LogP contribution in [-0.4, -0.2) is 17.4 Å². The predicted octanol–water partition coefficient (Wildman–Crippen LogP) is 4.18. The zero-order chi connectivity index (χ0) is 14.8. The zero-order valence-corrected chi connectivity index (χ0v) is 13.1. The lowest BCUT2D eigenvalue weighted by Gasteiger charge is -2.21. The van der Waals surface area contributed by atoms with E-state index in [1.54, 1.807) is 17.0 Å². The Hall–Kier alpha value is -1.68. The number of carbonyl (C=O) groups excluding carboxylic acids is 1. The molecule has 0 unspecified atom stereocenters. The molecule has 0 saturated heterocycles. The normalized spacial score (nSPS) is 14.5. The smallest absolute Gasteiger partial charge is 0.257 e. The molecule has 2 nitrogen and oxygen atoms in total. The molecule has 0 bridgehead atoms. The highest BCUT2D eigenvalue weighted by Gasteiger charge is 2.22. The van der Waals surface area contributed by atoms with Crippen molar-refractivity contribution < 1.29 is 9.18 Å². The molecule has 0 aromatic heterocycles. The summed E-state index contributed by atoms with van der Waals surface area (Å²) in [6.07, 6.45) is 1.86. The van der Waals surface area contributed by atoms with E-state index in [4.69, 9.17) is 0 Å². The van der Waals surface area contributed by atoms with E-state index >= 15 is 0 Å². The standard InChI is InChI=1S/C17H15BrFNO/c18-14-7-8-16(19)15(10-14)17(21)20-9-3-6-12-4-1-2-5-13(12)11-20/h1-2,4-5,7-8,10H,3,6,9,11H2. The van der Waals surface area contributed by atoms with Crippen LogP contribution < -0.4 is 0 Å². The lowest BCUT2D eigenvalue weighted by Crippen LogP contribution is -2.31. The van der Waals surface area contributed by atoms with Gasteiger partial charge in [-0.15, -0.1) is 0 Å². The molecule has 0 atom stereocenters. The van der Waals surface area contributed by atoms with Crippen molar-refractivity contribution in [3.63, 3.8) is 0 Å². The van der Waals surface area contributed by atoms with Crippen LogP contribution in [0.5, 0.6) is 0 Å². The first kappa shape index (κ1) is 14.3. The third kappa shape index (κ3) is 3.00. The van der Waals surface area contributed by atoms with E-state index < -0.39 is 5.82 Å². The Morgan fingerprint density at radius 3 is 2.71 bits per heavy atom. The van der Waals surface area contributed by atoms with Crippen LogP contribution in [0.2, 0.25) is 0 Å². The van der Waals surface area contributed by atoms with Crippen LogP contribution >= 0.6 is 15.9 Å². The first-order valence-corrected chi connectivity index (χ1v) is 7.75. The number of aryl methyl sites for hydroxylation is 1. The molecule has 108 valence electrons. The van der Waals surface area contributed by atoms with Gasteiger partial charge in [0, 0.05) is 17.6 Å². The second-order valence-electron chi connectivity index (χ2n) is 5.22. The highest BCUT2D eigenvalue weighted by Crippen LogP contribution is 2.22. The summed E-state index contributed by atoms with van der Waals surface area (Å²) in [5.41, 5.74) is 2.56. The molecule has 1 heterocycles. The minimum Gasteiger partial charge on any atom is -0.334 e. The molecule has 0 N–H and O–H groups in total. The maximum absolute atomic E-state index is 13.9. The van der Waals surface area contributed by atoms with Crippen molar-refractivity contribution in [2.24, 2.45) is 0 Å². The minimum absolute atomic E-state index is 0.128. The number of amides is 1. The van der Waals surface area contributed by atoms with Crippen molar-refractivity contribution in [1.29, 1.82) is 0 Å². The first-order chi connectivity index (χ1) is 10.1. The molecule has 1 aliphatic heterocycles. The van der Waals surface area contributed by atoms with Crippen molar-refractivity contribution >= 4 is 21.8 Å². The quantitative estimate of drug-likeness (QED) is 0.757. The zero-order valence-electron chi connectivity index (χ0n) is 11.5. The topological polar surface area (TPSA) is 20.3 Å².